The highest BCUT2D eigenvalue weighted by molar-refractivity contribution is 5.83. The third-order valence-corrected chi connectivity index (χ3v) is 5.91. The average molecular weight is 492 g/mol. The Kier molecular flexibility index (Phi) is 12.9. The molecule has 1 atom stereocenters. The van der Waals surface area contributed by atoms with Gasteiger partial charge in [-0.25, -0.2) is 0 Å². The second kappa shape index (κ2) is 14.8. The van der Waals surface area contributed by atoms with E-state index in [-0.39, 0.29) is 49.1 Å². The van der Waals surface area contributed by atoms with Crippen molar-refractivity contribution in [2.24, 2.45) is 22.6 Å². The smallest absolute Gasteiger partial charge is 0.306 e. The average Bonchev–Trinajstić information content (AvgIpc) is 2.80. The molecule has 9 nitrogen and oxygen atoms in total. The van der Waals surface area contributed by atoms with E-state index in [1.807, 2.05) is 58.0 Å². The van der Waals surface area contributed by atoms with Gasteiger partial charge in [0.2, 0.25) is 11.8 Å². The first-order valence-corrected chi connectivity index (χ1v) is 12.3. The summed E-state index contributed by atoms with van der Waals surface area (Å²) in [6.45, 7) is 9.71. The summed E-state index contributed by atoms with van der Waals surface area (Å²) >= 11 is 0. The van der Waals surface area contributed by atoms with Crippen molar-refractivity contribution in [2.45, 2.75) is 78.0 Å². The number of carbonyl (C=O) groups is 3. The third-order valence-electron chi connectivity index (χ3n) is 5.91. The second-order valence-corrected chi connectivity index (χ2v) is 10.5. The zero-order chi connectivity index (χ0) is 26.5. The Bertz CT molecular complexity index is 792. The number of nitrogens with zero attached hydrogens (tertiary/aromatic N) is 1. The quantitative estimate of drug-likeness (QED) is 0.256. The maximum Gasteiger partial charge on any atom is 0.306 e. The molecule has 0 aliphatic heterocycles. The Balaban J connectivity index is 2.46. The van der Waals surface area contributed by atoms with Crippen LogP contribution in [0.2, 0.25) is 0 Å². The molecule has 0 heterocycles. The second-order valence-electron chi connectivity index (χ2n) is 10.5. The molecule has 0 aromatic heterocycles. The van der Waals surface area contributed by atoms with E-state index in [9.17, 15) is 14.4 Å². The minimum atomic E-state index is -0.795. The molecule has 0 aliphatic rings. The Hall–Kier alpha value is -2.49. The van der Waals surface area contributed by atoms with Gasteiger partial charge < -0.3 is 32.2 Å². The van der Waals surface area contributed by atoms with Gasteiger partial charge in [0.1, 0.15) is 6.61 Å². The predicted octanol–water partition coefficient (Wildman–Crippen LogP) is 1.67. The first-order valence-electron chi connectivity index (χ1n) is 12.3. The summed E-state index contributed by atoms with van der Waals surface area (Å²) in [6.07, 6.45) is 2.05. The van der Waals surface area contributed by atoms with Crippen molar-refractivity contribution in [3.63, 3.8) is 0 Å². The van der Waals surface area contributed by atoms with Crippen LogP contribution < -0.4 is 22.5 Å². The zero-order valence-electron chi connectivity index (χ0n) is 21.8. The van der Waals surface area contributed by atoms with Crippen molar-refractivity contribution >= 4 is 17.8 Å². The minimum Gasteiger partial charge on any atom is -0.461 e. The summed E-state index contributed by atoms with van der Waals surface area (Å²) in [6, 6.07) is 8.77. The molecule has 0 saturated heterocycles. The molecular formula is C26H45N5O4. The third kappa shape index (κ3) is 12.7. The van der Waals surface area contributed by atoms with Gasteiger partial charge >= 0.3 is 5.97 Å². The summed E-state index contributed by atoms with van der Waals surface area (Å²) < 4.78 is 5.42. The van der Waals surface area contributed by atoms with Gasteiger partial charge in [-0.1, -0.05) is 44.2 Å². The van der Waals surface area contributed by atoms with Gasteiger partial charge in [0, 0.05) is 38.1 Å². The number of rotatable bonds is 16. The molecule has 0 fully saturated rings. The number of ether oxygens (including phenoxy) is 1. The first kappa shape index (κ1) is 30.5. The summed E-state index contributed by atoms with van der Waals surface area (Å²) in [4.78, 5) is 38.9. The maximum atomic E-state index is 12.6. The summed E-state index contributed by atoms with van der Waals surface area (Å²) in [5.41, 5.74) is 17.3. The highest BCUT2D eigenvalue weighted by Gasteiger charge is 2.29. The fourth-order valence-electron chi connectivity index (χ4n) is 3.65. The van der Waals surface area contributed by atoms with Gasteiger partial charge in [-0.2, -0.15) is 0 Å². The molecule has 0 radical (unpaired) electrons. The summed E-state index contributed by atoms with van der Waals surface area (Å²) in [7, 11) is 0. The summed E-state index contributed by atoms with van der Waals surface area (Å²) in [5.74, 6) is -0.651. The van der Waals surface area contributed by atoms with Crippen LogP contribution in [0.25, 0.3) is 0 Å². The van der Waals surface area contributed by atoms with Crippen LogP contribution in [0, 0.1) is 5.41 Å². The molecule has 0 unspecified atom stereocenters. The van der Waals surface area contributed by atoms with Gasteiger partial charge in [-0.05, 0) is 44.1 Å². The molecule has 0 saturated carbocycles. The van der Waals surface area contributed by atoms with Crippen molar-refractivity contribution in [3.05, 3.63) is 35.9 Å². The van der Waals surface area contributed by atoms with Crippen LogP contribution in [0.5, 0.6) is 0 Å². The topological polar surface area (TPSA) is 154 Å². The Morgan fingerprint density at radius 3 is 2.17 bits per heavy atom. The molecule has 1 aromatic carbocycles. The van der Waals surface area contributed by atoms with E-state index in [1.54, 1.807) is 4.90 Å². The minimum absolute atomic E-state index is 0.107. The van der Waals surface area contributed by atoms with E-state index in [1.165, 1.54) is 0 Å². The number of amides is 2. The molecule has 7 N–H and O–H groups in total. The molecule has 35 heavy (non-hydrogen) atoms. The normalized spacial score (nSPS) is 12.7. The van der Waals surface area contributed by atoms with Gasteiger partial charge in [0.25, 0.3) is 0 Å². The van der Waals surface area contributed by atoms with Crippen LogP contribution in [0.15, 0.2) is 30.3 Å². The number of benzene rings is 1. The standard InChI is InChI=1S/C26H45N5O4/c1-25(2,18-23(33)35-19-20-8-6-5-7-9-20)12-13-26(3,4)30-24(34)21(29)10-11-22(32)31(16-14-27)17-15-28/h5-9,21H,10-19,27-29H2,1-4H3,(H,30,34)/t21-/m0/s1. The van der Waals surface area contributed by atoms with E-state index in [2.05, 4.69) is 5.32 Å². The lowest BCUT2D eigenvalue weighted by atomic mass is 9.80. The van der Waals surface area contributed by atoms with E-state index >= 15 is 0 Å². The number of carbonyl (C=O) groups excluding carboxylic acids is 3. The van der Waals surface area contributed by atoms with Gasteiger partial charge in [0.15, 0.2) is 0 Å². The maximum absolute atomic E-state index is 12.6. The van der Waals surface area contributed by atoms with Crippen LogP contribution in [0.1, 0.15) is 65.4 Å². The fraction of sp³-hybridized carbons (Fsp3) is 0.654. The lowest BCUT2D eigenvalue weighted by molar-refractivity contribution is -0.147. The van der Waals surface area contributed by atoms with Crippen molar-refractivity contribution in [3.8, 4) is 0 Å². The summed E-state index contributed by atoms with van der Waals surface area (Å²) in [5, 5.41) is 2.99. The van der Waals surface area contributed by atoms with Crippen LogP contribution in [0.4, 0.5) is 0 Å². The van der Waals surface area contributed by atoms with Crippen molar-refractivity contribution in [1.29, 1.82) is 0 Å². The Labute approximate surface area is 210 Å². The molecule has 1 aromatic rings. The monoisotopic (exact) mass is 491 g/mol. The van der Waals surface area contributed by atoms with E-state index < -0.39 is 11.6 Å². The van der Waals surface area contributed by atoms with Crippen molar-refractivity contribution in [2.75, 3.05) is 26.2 Å². The number of hydrogen-bond donors (Lipinski definition) is 4. The molecule has 0 aliphatic carbocycles. The lowest BCUT2D eigenvalue weighted by Crippen LogP contribution is -2.51. The van der Waals surface area contributed by atoms with Gasteiger partial charge in [0.05, 0.1) is 12.5 Å². The molecular weight excluding hydrogens is 446 g/mol. The highest BCUT2D eigenvalue weighted by Crippen LogP contribution is 2.30. The Morgan fingerprint density at radius 1 is 1.00 bits per heavy atom. The molecule has 198 valence electrons. The van der Waals surface area contributed by atoms with E-state index in [4.69, 9.17) is 21.9 Å². The van der Waals surface area contributed by atoms with Crippen molar-refractivity contribution in [1.82, 2.24) is 10.2 Å². The van der Waals surface area contributed by atoms with Crippen LogP contribution in [-0.2, 0) is 25.7 Å². The molecule has 9 heteroatoms. The highest BCUT2D eigenvalue weighted by atomic mass is 16.5. The predicted molar refractivity (Wildman–Crippen MR) is 138 cm³/mol. The SMILES string of the molecule is CC(C)(CCC(C)(C)NC(=O)[C@@H](N)CCC(=O)N(CCN)CCN)CC(=O)OCc1ccccc1. The number of nitrogens with two attached hydrogens (primary N) is 3. The van der Waals surface area contributed by atoms with Gasteiger partial charge in [-0.3, -0.25) is 14.4 Å². The van der Waals surface area contributed by atoms with E-state index in [0.29, 0.717) is 39.0 Å². The molecule has 1 rings (SSSR count). The van der Waals surface area contributed by atoms with Gasteiger partial charge in [-0.15, -0.1) is 0 Å². The molecule has 2 amide bonds. The zero-order valence-corrected chi connectivity index (χ0v) is 21.8. The molecule has 0 bridgehead atoms. The van der Waals surface area contributed by atoms with Crippen LogP contribution in [0.3, 0.4) is 0 Å². The lowest BCUT2D eigenvalue weighted by Gasteiger charge is -2.32. The van der Waals surface area contributed by atoms with E-state index in [0.717, 1.165) is 5.56 Å². The van der Waals surface area contributed by atoms with Crippen molar-refractivity contribution < 1.29 is 19.1 Å². The number of esters is 1. The number of hydrogen-bond acceptors (Lipinski definition) is 7. The largest absolute Gasteiger partial charge is 0.461 e. The Morgan fingerprint density at radius 2 is 1.60 bits per heavy atom. The molecule has 0 spiro atoms. The van der Waals surface area contributed by atoms with Crippen LogP contribution in [-0.4, -0.2) is 60.4 Å². The van der Waals surface area contributed by atoms with Crippen LogP contribution >= 0.6 is 0 Å². The fourth-order valence-corrected chi connectivity index (χ4v) is 3.65. The number of nitrogens with one attached hydrogen (secondary N) is 1. The first-order chi connectivity index (χ1) is 16.4.